The normalized spacial score (nSPS) is 14.8. The van der Waals surface area contributed by atoms with Gasteiger partial charge in [0.2, 0.25) is 0 Å². The van der Waals surface area contributed by atoms with Gasteiger partial charge < -0.3 is 4.74 Å². The average Bonchev–Trinajstić information content (AvgIpc) is 2.54. The summed E-state index contributed by atoms with van der Waals surface area (Å²) in [5, 5.41) is 1.90. The second-order valence-corrected chi connectivity index (χ2v) is 7.22. The third kappa shape index (κ3) is 3.95. The minimum Gasteiger partial charge on any atom is -0.409 e. The number of hydrogen-bond acceptors (Lipinski definition) is 3. The number of hydrazine groups is 1. The van der Waals surface area contributed by atoms with Crippen LogP contribution in [0.4, 0.5) is 4.79 Å². The van der Waals surface area contributed by atoms with Gasteiger partial charge in [0.25, 0.3) is 0 Å². The van der Waals surface area contributed by atoms with Crippen molar-refractivity contribution in [2.75, 3.05) is 6.54 Å². The summed E-state index contributed by atoms with van der Waals surface area (Å²) in [6.45, 7) is 7.96. The van der Waals surface area contributed by atoms with Crippen LogP contribution in [0.2, 0.25) is 0 Å². The summed E-state index contributed by atoms with van der Waals surface area (Å²) in [4.78, 5) is 12.1. The number of benzene rings is 2. The first-order valence-electron chi connectivity index (χ1n) is 8.32. The summed E-state index contributed by atoms with van der Waals surface area (Å²) < 4.78 is 5.38. The predicted octanol–water partition coefficient (Wildman–Crippen LogP) is 4.05. The summed E-state index contributed by atoms with van der Waals surface area (Å²) in [7, 11) is 0. The molecular formula is C20H24N2O2. The molecule has 1 amide bonds. The largest absolute Gasteiger partial charge is 0.427 e. The Morgan fingerprint density at radius 2 is 1.71 bits per heavy atom. The molecule has 4 nitrogen and oxygen atoms in total. The molecule has 0 saturated heterocycles. The van der Waals surface area contributed by atoms with Crippen molar-refractivity contribution in [3.05, 3.63) is 65.2 Å². The van der Waals surface area contributed by atoms with E-state index >= 15 is 0 Å². The Balaban J connectivity index is 1.57. The first kappa shape index (κ1) is 16.5. The van der Waals surface area contributed by atoms with Crippen LogP contribution < -0.4 is 10.2 Å². The van der Waals surface area contributed by atoms with Gasteiger partial charge in [0.15, 0.2) is 0 Å². The molecule has 0 radical (unpaired) electrons. The molecule has 1 heterocycles. The van der Waals surface area contributed by atoms with E-state index in [1.165, 1.54) is 16.7 Å². The topological polar surface area (TPSA) is 41.6 Å². The van der Waals surface area contributed by atoms with Crippen LogP contribution >= 0.6 is 0 Å². The minimum absolute atomic E-state index is 0.0853. The molecular weight excluding hydrogens is 300 g/mol. The SMILES string of the molecule is CC(C)(C)c1ccc(OC(=O)NN2CCc3ccccc3C2)cc1. The number of carbonyl (C=O) groups is 1. The van der Waals surface area contributed by atoms with Crippen molar-refractivity contribution in [3.8, 4) is 5.75 Å². The zero-order valence-corrected chi connectivity index (χ0v) is 14.5. The minimum atomic E-state index is -0.446. The third-order valence-corrected chi connectivity index (χ3v) is 4.31. The standard InChI is InChI=1S/C20H24N2O2/c1-20(2,3)17-8-10-18(11-9-17)24-19(23)21-22-13-12-15-6-4-5-7-16(15)14-22/h4-11H,12-14H2,1-3H3,(H,21,23). The number of amides is 1. The highest BCUT2D eigenvalue weighted by Gasteiger charge is 2.18. The van der Waals surface area contributed by atoms with Crippen LogP contribution in [0, 0.1) is 0 Å². The van der Waals surface area contributed by atoms with Crippen molar-refractivity contribution >= 4 is 6.09 Å². The number of ether oxygens (including phenoxy) is 1. The zero-order chi connectivity index (χ0) is 17.2. The summed E-state index contributed by atoms with van der Waals surface area (Å²) in [5.41, 5.74) is 6.72. The van der Waals surface area contributed by atoms with Crippen molar-refractivity contribution in [2.24, 2.45) is 0 Å². The molecule has 24 heavy (non-hydrogen) atoms. The maximum Gasteiger partial charge on any atom is 0.427 e. The van der Waals surface area contributed by atoms with Gasteiger partial charge in [-0.1, -0.05) is 57.2 Å². The van der Waals surface area contributed by atoms with Crippen LogP contribution in [-0.2, 0) is 18.4 Å². The molecule has 4 heteroatoms. The summed E-state index contributed by atoms with van der Waals surface area (Å²) in [6.07, 6.45) is 0.481. The molecule has 0 fully saturated rings. The van der Waals surface area contributed by atoms with Crippen molar-refractivity contribution in [2.45, 2.75) is 39.2 Å². The number of nitrogens with zero attached hydrogens (tertiary/aromatic N) is 1. The van der Waals surface area contributed by atoms with Gasteiger partial charge in [0.05, 0.1) is 0 Å². The first-order valence-corrected chi connectivity index (χ1v) is 8.32. The Bertz CT molecular complexity index is 717. The van der Waals surface area contributed by atoms with Gasteiger partial charge in [-0.25, -0.2) is 9.80 Å². The molecule has 0 atom stereocenters. The van der Waals surface area contributed by atoms with Gasteiger partial charge >= 0.3 is 6.09 Å². The van der Waals surface area contributed by atoms with E-state index in [1.807, 2.05) is 35.3 Å². The van der Waals surface area contributed by atoms with E-state index in [9.17, 15) is 4.79 Å². The zero-order valence-electron chi connectivity index (χ0n) is 14.5. The molecule has 1 N–H and O–H groups in total. The second kappa shape index (κ2) is 6.65. The highest BCUT2D eigenvalue weighted by molar-refractivity contribution is 5.69. The molecule has 2 aromatic carbocycles. The van der Waals surface area contributed by atoms with Crippen LogP contribution in [-0.4, -0.2) is 17.6 Å². The molecule has 1 aliphatic rings. The van der Waals surface area contributed by atoms with Crippen LogP contribution in [0.25, 0.3) is 0 Å². The van der Waals surface area contributed by atoms with Gasteiger partial charge in [-0.2, -0.15) is 0 Å². The molecule has 3 rings (SSSR count). The average molecular weight is 324 g/mol. The summed E-state index contributed by atoms with van der Waals surface area (Å²) in [5.74, 6) is 0.554. The van der Waals surface area contributed by atoms with Crippen molar-refractivity contribution in [1.29, 1.82) is 0 Å². The van der Waals surface area contributed by atoms with Gasteiger partial charge in [-0.15, -0.1) is 0 Å². The maximum atomic E-state index is 12.1. The predicted molar refractivity (Wildman–Crippen MR) is 94.9 cm³/mol. The molecule has 2 aromatic rings. The Morgan fingerprint density at radius 3 is 2.38 bits per heavy atom. The number of rotatable bonds is 2. The van der Waals surface area contributed by atoms with E-state index in [1.54, 1.807) is 0 Å². The molecule has 0 spiro atoms. The number of nitrogens with one attached hydrogen (secondary N) is 1. The second-order valence-electron chi connectivity index (χ2n) is 7.22. The molecule has 0 aliphatic carbocycles. The molecule has 0 aromatic heterocycles. The van der Waals surface area contributed by atoms with Crippen LogP contribution in [0.1, 0.15) is 37.5 Å². The Kier molecular flexibility index (Phi) is 4.58. The molecule has 0 saturated carbocycles. The Hall–Kier alpha value is -2.33. The Morgan fingerprint density at radius 1 is 1.04 bits per heavy atom. The van der Waals surface area contributed by atoms with Gasteiger partial charge in [0.1, 0.15) is 5.75 Å². The monoisotopic (exact) mass is 324 g/mol. The van der Waals surface area contributed by atoms with Gasteiger partial charge in [-0.05, 0) is 40.7 Å². The molecule has 0 unspecified atom stereocenters. The lowest BCUT2D eigenvalue weighted by Crippen LogP contribution is -2.46. The van der Waals surface area contributed by atoms with Gasteiger partial charge in [-0.3, -0.25) is 5.43 Å². The van der Waals surface area contributed by atoms with Crippen LogP contribution in [0.3, 0.4) is 0 Å². The van der Waals surface area contributed by atoms with Crippen molar-refractivity contribution < 1.29 is 9.53 Å². The molecule has 0 bridgehead atoms. The van der Waals surface area contributed by atoms with Crippen LogP contribution in [0.5, 0.6) is 5.75 Å². The van der Waals surface area contributed by atoms with E-state index in [-0.39, 0.29) is 5.41 Å². The third-order valence-electron chi connectivity index (χ3n) is 4.31. The lowest BCUT2D eigenvalue weighted by molar-refractivity contribution is 0.135. The fourth-order valence-electron chi connectivity index (χ4n) is 2.87. The maximum absolute atomic E-state index is 12.1. The fraction of sp³-hybridized carbons (Fsp3) is 0.350. The van der Waals surface area contributed by atoms with Gasteiger partial charge in [0, 0.05) is 13.1 Å². The molecule has 1 aliphatic heterocycles. The number of fused-ring (bicyclic) bond motifs is 1. The number of hydrogen-bond donors (Lipinski definition) is 1. The highest BCUT2D eigenvalue weighted by atomic mass is 16.6. The van der Waals surface area contributed by atoms with E-state index < -0.39 is 6.09 Å². The summed E-state index contributed by atoms with van der Waals surface area (Å²) in [6, 6.07) is 16.0. The van der Waals surface area contributed by atoms with Crippen LogP contribution in [0.15, 0.2) is 48.5 Å². The Labute approximate surface area is 143 Å². The first-order chi connectivity index (χ1) is 11.4. The lowest BCUT2D eigenvalue weighted by atomic mass is 9.87. The van der Waals surface area contributed by atoms with Crippen molar-refractivity contribution in [1.82, 2.24) is 10.4 Å². The van der Waals surface area contributed by atoms with E-state index in [0.717, 1.165) is 13.0 Å². The van der Waals surface area contributed by atoms with E-state index in [0.29, 0.717) is 12.3 Å². The highest BCUT2D eigenvalue weighted by Crippen LogP contribution is 2.24. The fourth-order valence-corrected chi connectivity index (χ4v) is 2.87. The van der Waals surface area contributed by atoms with E-state index in [4.69, 9.17) is 4.74 Å². The number of carbonyl (C=O) groups excluding carboxylic acids is 1. The quantitative estimate of drug-likeness (QED) is 0.906. The smallest absolute Gasteiger partial charge is 0.409 e. The molecule has 126 valence electrons. The van der Waals surface area contributed by atoms with E-state index in [2.05, 4.69) is 44.4 Å². The van der Waals surface area contributed by atoms with Crippen molar-refractivity contribution in [3.63, 3.8) is 0 Å². The lowest BCUT2D eigenvalue weighted by Gasteiger charge is -2.28. The summed E-state index contributed by atoms with van der Waals surface area (Å²) >= 11 is 0.